The normalized spacial score (nSPS) is 42.0. The molecule has 0 aromatic heterocycles. The summed E-state index contributed by atoms with van der Waals surface area (Å²) in [5.74, 6) is -1.18. The summed E-state index contributed by atoms with van der Waals surface area (Å²) < 4.78 is 0. The Balaban J connectivity index is 1.65. The van der Waals surface area contributed by atoms with Crippen molar-refractivity contribution in [3.63, 3.8) is 0 Å². The molecule has 8 atom stereocenters. The first-order valence-electron chi connectivity index (χ1n) is 13.3. The minimum atomic E-state index is -0.725. The number of hydrogen-bond donors (Lipinski definition) is 2. The summed E-state index contributed by atoms with van der Waals surface area (Å²) in [5, 5.41) is 19.9. The zero-order valence-corrected chi connectivity index (χ0v) is 21.8. The maximum atomic E-state index is 12.4. The predicted octanol–water partition coefficient (Wildman–Crippen LogP) is 7.27. The molecule has 3 fully saturated rings. The summed E-state index contributed by atoms with van der Waals surface area (Å²) in [7, 11) is 0. The number of hydrogen-bond acceptors (Lipinski definition) is 2. The molecule has 0 aliphatic heterocycles. The van der Waals surface area contributed by atoms with Crippen LogP contribution in [0, 0.1) is 45.8 Å². The second-order valence-corrected chi connectivity index (χ2v) is 12.7. The maximum absolute atomic E-state index is 12.4. The van der Waals surface area contributed by atoms with Gasteiger partial charge in [-0.15, -0.1) is 0 Å². The Morgan fingerprint density at radius 1 is 1.09 bits per heavy atom. The molecular weight excluding hydrogens is 424 g/mol. The number of carbonyl (C=O) groups is 2. The molecule has 34 heavy (non-hydrogen) atoms. The third kappa shape index (κ3) is 3.62. The summed E-state index contributed by atoms with van der Waals surface area (Å²) in [5.41, 5.74) is 3.79. The fourth-order valence-electron chi connectivity index (χ4n) is 8.97. The van der Waals surface area contributed by atoms with Crippen LogP contribution >= 0.6 is 0 Å². The lowest BCUT2D eigenvalue weighted by molar-refractivity contribution is -0.148. The van der Waals surface area contributed by atoms with Crippen LogP contribution in [0.5, 0.6) is 0 Å². The van der Waals surface area contributed by atoms with Gasteiger partial charge in [0, 0.05) is 0 Å². The minimum Gasteiger partial charge on any atom is -0.481 e. The number of carboxylic acid groups (broad SMARTS) is 2. The molecule has 2 N–H and O–H groups in total. The zero-order chi connectivity index (χ0) is 25.1. The summed E-state index contributed by atoms with van der Waals surface area (Å²) in [6.45, 7) is 15.6. The van der Waals surface area contributed by atoms with E-state index in [2.05, 4.69) is 53.3 Å². The van der Waals surface area contributed by atoms with Crippen LogP contribution in [0.2, 0.25) is 0 Å². The Morgan fingerprint density at radius 3 is 2.41 bits per heavy atom. The number of carboxylic acids is 2. The van der Waals surface area contributed by atoms with Gasteiger partial charge in [-0.05, 0) is 106 Å². The number of fused-ring (bicyclic) bond motifs is 5. The summed E-state index contributed by atoms with van der Waals surface area (Å²) in [4.78, 5) is 24.2. The Labute approximate surface area is 205 Å². The van der Waals surface area contributed by atoms with Crippen molar-refractivity contribution in [3.05, 3.63) is 35.5 Å². The van der Waals surface area contributed by atoms with Crippen molar-refractivity contribution < 1.29 is 19.8 Å². The molecule has 4 aliphatic carbocycles. The Hall–Kier alpha value is -1.84. The van der Waals surface area contributed by atoms with E-state index in [-0.39, 0.29) is 34.0 Å². The number of aliphatic carboxylic acids is 2. The van der Waals surface area contributed by atoms with E-state index < -0.39 is 17.9 Å². The van der Waals surface area contributed by atoms with Crippen LogP contribution in [0.3, 0.4) is 0 Å². The monoisotopic (exact) mass is 468 g/mol. The zero-order valence-electron chi connectivity index (χ0n) is 21.8. The highest BCUT2D eigenvalue weighted by Gasteiger charge is 2.64. The maximum Gasteiger partial charge on any atom is 0.310 e. The van der Waals surface area contributed by atoms with E-state index in [0.29, 0.717) is 12.3 Å². The topological polar surface area (TPSA) is 74.6 Å². The molecule has 8 unspecified atom stereocenters. The van der Waals surface area contributed by atoms with Gasteiger partial charge >= 0.3 is 11.9 Å². The average molecular weight is 469 g/mol. The summed E-state index contributed by atoms with van der Waals surface area (Å²) in [6, 6.07) is 0. The standard InChI is InChI=1S/C30H44O4/c1-18(2)8-7-9-21(27(33)34)23-13-16-30(6)25-11-10-22-19(3)20(26(31)32)12-15-28(22,4)24(25)14-17-29(23,30)5/h8,11,20-24H,3,7,9-10,12-17H2,1-2,4-6H3,(H,31,32)(H,33,34). The van der Waals surface area contributed by atoms with E-state index in [4.69, 9.17) is 0 Å². The van der Waals surface area contributed by atoms with Crippen molar-refractivity contribution in [1.82, 2.24) is 0 Å². The lowest BCUT2D eigenvalue weighted by Crippen LogP contribution is -2.54. The molecule has 188 valence electrons. The second-order valence-electron chi connectivity index (χ2n) is 12.7. The second kappa shape index (κ2) is 8.68. The summed E-state index contributed by atoms with van der Waals surface area (Å²) in [6.07, 6.45) is 12.8. The number of allylic oxidation sites excluding steroid dienone is 4. The third-order valence-corrected chi connectivity index (χ3v) is 11.2. The lowest BCUT2D eigenvalue weighted by Gasteiger charge is -2.61. The van der Waals surface area contributed by atoms with Crippen molar-refractivity contribution in [2.24, 2.45) is 45.8 Å². The largest absolute Gasteiger partial charge is 0.481 e. The van der Waals surface area contributed by atoms with E-state index in [1.807, 2.05) is 0 Å². The van der Waals surface area contributed by atoms with Crippen LogP contribution in [-0.2, 0) is 9.59 Å². The quantitative estimate of drug-likeness (QED) is 0.402. The van der Waals surface area contributed by atoms with E-state index in [1.165, 1.54) is 5.57 Å². The van der Waals surface area contributed by atoms with E-state index >= 15 is 0 Å². The van der Waals surface area contributed by atoms with Gasteiger partial charge in [-0.3, -0.25) is 9.59 Å². The van der Waals surface area contributed by atoms with Crippen molar-refractivity contribution in [2.75, 3.05) is 0 Å². The molecule has 0 aromatic rings. The van der Waals surface area contributed by atoms with Crippen LogP contribution in [-0.4, -0.2) is 22.2 Å². The minimum absolute atomic E-state index is 0.0121. The molecule has 0 spiro atoms. The number of rotatable bonds is 6. The Bertz CT molecular complexity index is 939. The highest BCUT2D eigenvalue weighted by atomic mass is 16.4. The highest BCUT2D eigenvalue weighted by Crippen LogP contribution is 2.72. The first-order valence-corrected chi connectivity index (χ1v) is 13.3. The van der Waals surface area contributed by atoms with Gasteiger partial charge in [0.15, 0.2) is 0 Å². The van der Waals surface area contributed by atoms with Crippen LogP contribution < -0.4 is 0 Å². The molecule has 3 saturated carbocycles. The van der Waals surface area contributed by atoms with Crippen molar-refractivity contribution in [2.45, 2.75) is 92.4 Å². The first kappa shape index (κ1) is 25.3. The van der Waals surface area contributed by atoms with Crippen molar-refractivity contribution in [3.8, 4) is 0 Å². The van der Waals surface area contributed by atoms with Gasteiger partial charge in [0.25, 0.3) is 0 Å². The van der Waals surface area contributed by atoms with Crippen LogP contribution in [0.25, 0.3) is 0 Å². The Morgan fingerprint density at radius 2 is 1.79 bits per heavy atom. The fourth-order valence-corrected chi connectivity index (χ4v) is 8.97. The van der Waals surface area contributed by atoms with Gasteiger partial charge < -0.3 is 10.2 Å². The smallest absolute Gasteiger partial charge is 0.310 e. The highest BCUT2D eigenvalue weighted by molar-refractivity contribution is 5.74. The first-order chi connectivity index (χ1) is 15.9. The SMILES string of the molecule is C=C1C(C(=O)O)CCC2(C)C1CC=C1C2CCC2(C)C(C(CCC=C(C)C)C(=O)O)CCC12C. The van der Waals surface area contributed by atoms with Crippen LogP contribution in [0.15, 0.2) is 35.5 Å². The van der Waals surface area contributed by atoms with Gasteiger partial charge in [0.2, 0.25) is 0 Å². The predicted molar refractivity (Wildman–Crippen MR) is 135 cm³/mol. The van der Waals surface area contributed by atoms with E-state index in [1.54, 1.807) is 5.57 Å². The average Bonchev–Trinajstić information content (AvgIpc) is 3.02. The molecule has 0 heterocycles. The lowest BCUT2D eigenvalue weighted by atomic mass is 9.43. The van der Waals surface area contributed by atoms with Crippen molar-refractivity contribution in [1.29, 1.82) is 0 Å². The molecule has 4 nitrogen and oxygen atoms in total. The molecule has 4 rings (SSSR count). The molecule has 4 aliphatic rings. The molecule has 4 heteroatoms. The summed E-state index contributed by atoms with van der Waals surface area (Å²) >= 11 is 0. The van der Waals surface area contributed by atoms with Gasteiger partial charge in [-0.25, -0.2) is 0 Å². The molecular formula is C30H44O4. The molecule has 0 amide bonds. The fraction of sp³-hybridized carbons (Fsp3) is 0.733. The van der Waals surface area contributed by atoms with Gasteiger partial charge in [0.05, 0.1) is 11.8 Å². The Kier molecular flexibility index (Phi) is 6.44. The molecule has 0 bridgehead atoms. The molecule has 0 aromatic carbocycles. The van der Waals surface area contributed by atoms with Gasteiger partial charge in [-0.1, -0.05) is 56.2 Å². The molecule has 0 saturated heterocycles. The third-order valence-electron chi connectivity index (χ3n) is 11.2. The van der Waals surface area contributed by atoms with E-state index in [9.17, 15) is 19.8 Å². The van der Waals surface area contributed by atoms with Gasteiger partial charge in [-0.2, -0.15) is 0 Å². The van der Waals surface area contributed by atoms with Crippen molar-refractivity contribution >= 4 is 11.9 Å². The van der Waals surface area contributed by atoms with Gasteiger partial charge in [0.1, 0.15) is 0 Å². The van der Waals surface area contributed by atoms with Crippen LogP contribution in [0.1, 0.15) is 92.4 Å². The molecule has 0 radical (unpaired) electrons. The van der Waals surface area contributed by atoms with E-state index in [0.717, 1.165) is 56.9 Å². The van der Waals surface area contributed by atoms with Crippen LogP contribution in [0.4, 0.5) is 0 Å².